The van der Waals surface area contributed by atoms with Crippen LogP contribution in [0.3, 0.4) is 0 Å². The average Bonchev–Trinajstić information content (AvgIpc) is 3.16. The molecule has 1 aliphatic carbocycles. The van der Waals surface area contributed by atoms with Gasteiger partial charge in [-0.3, -0.25) is 4.90 Å². The summed E-state index contributed by atoms with van der Waals surface area (Å²) in [6.45, 7) is 5.66. The van der Waals surface area contributed by atoms with Crippen molar-refractivity contribution in [1.82, 2.24) is 10.2 Å². The second kappa shape index (κ2) is 9.11. The number of benzene rings is 2. The molecule has 4 rings (SSSR count). The van der Waals surface area contributed by atoms with Crippen molar-refractivity contribution < 1.29 is 4.74 Å². The summed E-state index contributed by atoms with van der Waals surface area (Å²) in [5.74, 6) is 1.06. The molecule has 0 bridgehead atoms. The average molecular weight is 379 g/mol. The number of rotatable bonds is 8. The van der Waals surface area contributed by atoms with Gasteiger partial charge in [-0.05, 0) is 67.0 Å². The van der Waals surface area contributed by atoms with Gasteiger partial charge in [-0.15, -0.1) is 0 Å². The van der Waals surface area contributed by atoms with E-state index in [0.29, 0.717) is 12.1 Å². The maximum atomic E-state index is 5.60. The summed E-state index contributed by atoms with van der Waals surface area (Å²) in [6, 6.07) is 16.7. The van der Waals surface area contributed by atoms with Gasteiger partial charge in [0.15, 0.2) is 0 Å². The Morgan fingerprint density at radius 3 is 2.50 bits per heavy atom. The lowest BCUT2D eigenvalue weighted by molar-refractivity contribution is 0.175. The van der Waals surface area contributed by atoms with E-state index in [1.165, 1.54) is 47.9 Å². The lowest BCUT2D eigenvalue weighted by Gasteiger charge is -2.30. The van der Waals surface area contributed by atoms with E-state index in [9.17, 15) is 0 Å². The van der Waals surface area contributed by atoms with Crippen molar-refractivity contribution in [3.8, 4) is 5.75 Å². The van der Waals surface area contributed by atoms with Crippen LogP contribution in [-0.2, 0) is 25.9 Å². The van der Waals surface area contributed by atoms with Crippen LogP contribution in [0.15, 0.2) is 42.5 Å². The SMILES string of the molecule is CCCC(CCNC1CCc2cccc(OC)c2C1)N1Cc2ccccc2C1. The Morgan fingerprint density at radius 2 is 1.79 bits per heavy atom. The minimum Gasteiger partial charge on any atom is -0.496 e. The predicted octanol–water partition coefficient (Wildman–Crippen LogP) is 4.72. The Bertz CT molecular complexity index is 749. The Kier molecular flexibility index (Phi) is 6.33. The molecule has 1 heterocycles. The summed E-state index contributed by atoms with van der Waals surface area (Å²) in [5, 5.41) is 3.87. The lowest BCUT2D eigenvalue weighted by Crippen LogP contribution is -2.39. The normalized spacial score (nSPS) is 19.9. The van der Waals surface area contributed by atoms with Gasteiger partial charge in [0, 0.05) is 25.2 Å². The lowest BCUT2D eigenvalue weighted by atomic mass is 9.87. The van der Waals surface area contributed by atoms with E-state index >= 15 is 0 Å². The van der Waals surface area contributed by atoms with Crippen molar-refractivity contribution in [1.29, 1.82) is 0 Å². The topological polar surface area (TPSA) is 24.5 Å². The zero-order valence-corrected chi connectivity index (χ0v) is 17.4. The van der Waals surface area contributed by atoms with Crippen LogP contribution in [0.4, 0.5) is 0 Å². The maximum absolute atomic E-state index is 5.60. The van der Waals surface area contributed by atoms with E-state index < -0.39 is 0 Å². The third-order valence-electron chi connectivity index (χ3n) is 6.58. The van der Waals surface area contributed by atoms with Crippen LogP contribution in [-0.4, -0.2) is 30.6 Å². The first-order valence-electron chi connectivity index (χ1n) is 11.0. The molecular formula is C25H34N2O. The number of fused-ring (bicyclic) bond motifs is 2. The number of nitrogens with zero attached hydrogens (tertiary/aromatic N) is 1. The fraction of sp³-hybridized carbons (Fsp3) is 0.520. The first-order valence-corrected chi connectivity index (χ1v) is 11.0. The highest BCUT2D eigenvalue weighted by molar-refractivity contribution is 5.42. The van der Waals surface area contributed by atoms with Crippen molar-refractivity contribution in [2.75, 3.05) is 13.7 Å². The van der Waals surface area contributed by atoms with E-state index in [4.69, 9.17) is 4.74 Å². The van der Waals surface area contributed by atoms with Gasteiger partial charge < -0.3 is 10.1 Å². The quantitative estimate of drug-likeness (QED) is 0.719. The van der Waals surface area contributed by atoms with Crippen LogP contribution < -0.4 is 10.1 Å². The Hall–Kier alpha value is -1.84. The van der Waals surface area contributed by atoms with Crippen LogP contribution in [0.25, 0.3) is 0 Å². The number of nitrogens with one attached hydrogen (secondary N) is 1. The molecule has 2 atom stereocenters. The number of methoxy groups -OCH3 is 1. The molecule has 0 spiro atoms. The van der Waals surface area contributed by atoms with Gasteiger partial charge in [-0.25, -0.2) is 0 Å². The van der Waals surface area contributed by atoms with Gasteiger partial charge in [0.1, 0.15) is 5.75 Å². The molecule has 0 amide bonds. The zero-order chi connectivity index (χ0) is 19.3. The van der Waals surface area contributed by atoms with Crippen molar-refractivity contribution in [2.24, 2.45) is 0 Å². The molecule has 0 radical (unpaired) electrons. The van der Waals surface area contributed by atoms with Crippen molar-refractivity contribution in [3.05, 3.63) is 64.7 Å². The number of aryl methyl sites for hydroxylation is 1. The molecule has 3 heteroatoms. The third-order valence-corrected chi connectivity index (χ3v) is 6.58. The predicted molar refractivity (Wildman–Crippen MR) is 116 cm³/mol. The van der Waals surface area contributed by atoms with Gasteiger partial charge in [0.2, 0.25) is 0 Å². The highest BCUT2D eigenvalue weighted by atomic mass is 16.5. The van der Waals surface area contributed by atoms with Gasteiger partial charge in [-0.1, -0.05) is 49.7 Å². The second-order valence-electron chi connectivity index (χ2n) is 8.40. The third kappa shape index (κ3) is 4.26. The summed E-state index contributed by atoms with van der Waals surface area (Å²) < 4.78 is 5.60. The van der Waals surface area contributed by atoms with Crippen molar-refractivity contribution >= 4 is 0 Å². The molecule has 1 N–H and O–H groups in total. The minimum absolute atomic E-state index is 0.571. The van der Waals surface area contributed by atoms with Crippen LogP contribution in [0.2, 0.25) is 0 Å². The molecule has 1 aliphatic heterocycles. The van der Waals surface area contributed by atoms with E-state index in [-0.39, 0.29) is 0 Å². The van der Waals surface area contributed by atoms with E-state index in [1.807, 2.05) is 0 Å². The Balaban J connectivity index is 1.31. The van der Waals surface area contributed by atoms with Crippen LogP contribution in [0, 0.1) is 0 Å². The highest BCUT2D eigenvalue weighted by Crippen LogP contribution is 2.30. The number of hydrogen-bond donors (Lipinski definition) is 1. The van der Waals surface area contributed by atoms with Gasteiger partial charge in [-0.2, -0.15) is 0 Å². The molecule has 0 saturated heterocycles. The Morgan fingerprint density at radius 1 is 1.04 bits per heavy atom. The molecule has 2 unspecified atom stereocenters. The molecule has 2 aromatic carbocycles. The van der Waals surface area contributed by atoms with E-state index in [1.54, 1.807) is 7.11 Å². The monoisotopic (exact) mass is 378 g/mol. The molecular weight excluding hydrogens is 344 g/mol. The largest absolute Gasteiger partial charge is 0.496 e. The minimum atomic E-state index is 0.571. The van der Waals surface area contributed by atoms with Crippen molar-refractivity contribution in [2.45, 2.75) is 70.6 Å². The molecule has 28 heavy (non-hydrogen) atoms. The van der Waals surface area contributed by atoms with Crippen LogP contribution in [0.1, 0.15) is 54.9 Å². The molecule has 2 aliphatic rings. The first-order chi connectivity index (χ1) is 13.8. The van der Waals surface area contributed by atoms with E-state index in [2.05, 4.69) is 59.6 Å². The first kappa shape index (κ1) is 19.5. The van der Waals surface area contributed by atoms with Gasteiger partial charge in [0.05, 0.1) is 7.11 Å². The second-order valence-corrected chi connectivity index (χ2v) is 8.40. The van der Waals surface area contributed by atoms with E-state index in [0.717, 1.165) is 38.2 Å². The number of ether oxygens (including phenoxy) is 1. The van der Waals surface area contributed by atoms with Crippen LogP contribution >= 0.6 is 0 Å². The summed E-state index contributed by atoms with van der Waals surface area (Å²) in [7, 11) is 1.79. The smallest absolute Gasteiger partial charge is 0.122 e. The summed E-state index contributed by atoms with van der Waals surface area (Å²) >= 11 is 0. The molecule has 0 saturated carbocycles. The summed E-state index contributed by atoms with van der Waals surface area (Å²) in [5.41, 5.74) is 5.92. The highest BCUT2D eigenvalue weighted by Gasteiger charge is 2.26. The Labute approximate surface area is 170 Å². The molecule has 0 fully saturated rings. The number of hydrogen-bond acceptors (Lipinski definition) is 3. The maximum Gasteiger partial charge on any atom is 0.122 e. The van der Waals surface area contributed by atoms with Gasteiger partial charge >= 0.3 is 0 Å². The summed E-state index contributed by atoms with van der Waals surface area (Å²) in [6.07, 6.45) is 7.25. The zero-order valence-electron chi connectivity index (χ0n) is 17.4. The molecule has 3 nitrogen and oxygen atoms in total. The fourth-order valence-corrected chi connectivity index (χ4v) is 5.04. The van der Waals surface area contributed by atoms with Gasteiger partial charge in [0.25, 0.3) is 0 Å². The summed E-state index contributed by atoms with van der Waals surface area (Å²) in [4.78, 5) is 2.69. The fourth-order valence-electron chi connectivity index (χ4n) is 5.04. The van der Waals surface area contributed by atoms with Crippen LogP contribution in [0.5, 0.6) is 5.75 Å². The van der Waals surface area contributed by atoms with Crippen molar-refractivity contribution in [3.63, 3.8) is 0 Å². The molecule has 150 valence electrons. The standard InChI is InChI=1S/C25H34N2O/c1-3-7-23(27-17-20-8-4-5-9-21(20)18-27)14-15-26-22-13-12-19-10-6-11-25(28-2)24(19)16-22/h4-6,8-11,22-23,26H,3,7,12-18H2,1-2H3. The molecule has 0 aromatic heterocycles. The molecule has 2 aromatic rings.